The van der Waals surface area contributed by atoms with Gasteiger partial charge in [0.25, 0.3) is 0 Å². The third-order valence-electron chi connectivity index (χ3n) is 5.50. The van der Waals surface area contributed by atoms with Gasteiger partial charge in [0, 0.05) is 45.0 Å². The highest BCUT2D eigenvalue weighted by Gasteiger charge is 2.27. The molecule has 0 unspecified atom stereocenters. The number of aromatic nitrogens is 3. The maximum Gasteiger partial charge on any atom is 0.180 e. The van der Waals surface area contributed by atoms with E-state index in [0.29, 0.717) is 11.7 Å². The molecule has 6 nitrogen and oxygen atoms in total. The van der Waals surface area contributed by atoms with Crippen molar-refractivity contribution in [2.45, 2.75) is 32.4 Å². The van der Waals surface area contributed by atoms with E-state index in [1.807, 2.05) is 12.1 Å². The number of benzene rings is 1. The second-order valence-electron chi connectivity index (χ2n) is 7.91. The molecule has 2 aliphatic rings. The van der Waals surface area contributed by atoms with Crippen LogP contribution in [0, 0.1) is 6.92 Å². The van der Waals surface area contributed by atoms with Gasteiger partial charge >= 0.3 is 0 Å². The molecule has 0 bridgehead atoms. The predicted molar refractivity (Wildman–Crippen MR) is 113 cm³/mol. The van der Waals surface area contributed by atoms with Gasteiger partial charge in [-0.3, -0.25) is 4.90 Å². The minimum Gasteiger partial charge on any atom is -0.364 e. The van der Waals surface area contributed by atoms with Gasteiger partial charge in [0.1, 0.15) is 5.52 Å². The molecule has 1 saturated heterocycles. The smallest absolute Gasteiger partial charge is 0.180 e. The Bertz CT molecular complexity index is 976. The molecule has 1 aliphatic heterocycles. The maximum absolute atomic E-state index is 4.92. The minimum atomic E-state index is 0.539. The van der Waals surface area contributed by atoms with Crippen LogP contribution in [0.25, 0.3) is 11.2 Å². The van der Waals surface area contributed by atoms with Crippen LogP contribution in [0.15, 0.2) is 42.6 Å². The molecule has 5 rings (SSSR count). The summed E-state index contributed by atoms with van der Waals surface area (Å²) in [5, 5.41) is 3.56. The van der Waals surface area contributed by atoms with Gasteiger partial charge in [-0.15, -0.1) is 0 Å². The van der Waals surface area contributed by atoms with E-state index < -0.39 is 0 Å². The monoisotopic (exact) mass is 374 g/mol. The number of hydrogen-bond acceptors (Lipinski definition) is 6. The summed E-state index contributed by atoms with van der Waals surface area (Å²) in [7, 11) is 0. The van der Waals surface area contributed by atoms with E-state index in [4.69, 9.17) is 9.97 Å². The van der Waals surface area contributed by atoms with Crippen molar-refractivity contribution in [3.05, 3.63) is 53.7 Å². The highest BCUT2D eigenvalue weighted by molar-refractivity contribution is 5.77. The van der Waals surface area contributed by atoms with Crippen LogP contribution in [0.4, 0.5) is 11.6 Å². The third-order valence-corrected chi connectivity index (χ3v) is 5.50. The minimum absolute atomic E-state index is 0.539. The first-order chi connectivity index (χ1) is 13.7. The lowest BCUT2D eigenvalue weighted by Gasteiger charge is -2.36. The molecular formula is C22H26N6. The van der Waals surface area contributed by atoms with Crippen molar-refractivity contribution >= 4 is 22.8 Å². The fourth-order valence-corrected chi connectivity index (χ4v) is 3.81. The Balaban J connectivity index is 1.33. The lowest BCUT2D eigenvalue weighted by atomic mass is 10.1. The van der Waals surface area contributed by atoms with E-state index in [1.165, 1.54) is 24.0 Å². The molecule has 1 N–H and O–H groups in total. The van der Waals surface area contributed by atoms with Crippen LogP contribution >= 0.6 is 0 Å². The largest absolute Gasteiger partial charge is 0.364 e. The topological polar surface area (TPSA) is 57.2 Å². The molecule has 28 heavy (non-hydrogen) atoms. The van der Waals surface area contributed by atoms with Gasteiger partial charge in [0.2, 0.25) is 0 Å². The molecule has 1 aliphatic carbocycles. The molecule has 3 aromatic rings. The number of hydrogen-bond donors (Lipinski definition) is 1. The van der Waals surface area contributed by atoms with E-state index in [1.54, 1.807) is 6.20 Å². The fourth-order valence-electron chi connectivity index (χ4n) is 3.81. The van der Waals surface area contributed by atoms with E-state index in [0.717, 1.165) is 49.9 Å². The van der Waals surface area contributed by atoms with Gasteiger partial charge in [-0.05, 0) is 37.5 Å². The van der Waals surface area contributed by atoms with E-state index in [2.05, 4.69) is 51.3 Å². The van der Waals surface area contributed by atoms with Gasteiger partial charge in [-0.25, -0.2) is 15.0 Å². The third kappa shape index (κ3) is 3.78. The SMILES string of the molecule is Cc1cccc(CN2CCN(c3nc4cccnc4nc3NC3CC3)CC2)c1. The zero-order chi connectivity index (χ0) is 18.9. The van der Waals surface area contributed by atoms with Crippen molar-refractivity contribution in [2.75, 3.05) is 36.4 Å². The highest BCUT2D eigenvalue weighted by atomic mass is 15.3. The Morgan fingerprint density at radius 3 is 2.68 bits per heavy atom. The summed E-state index contributed by atoms with van der Waals surface area (Å²) in [6.07, 6.45) is 4.21. The number of nitrogens with one attached hydrogen (secondary N) is 1. The summed E-state index contributed by atoms with van der Waals surface area (Å²) in [6.45, 7) is 7.16. The highest BCUT2D eigenvalue weighted by Crippen LogP contribution is 2.30. The summed E-state index contributed by atoms with van der Waals surface area (Å²) in [6, 6.07) is 13.3. The number of fused-ring (bicyclic) bond motifs is 1. The van der Waals surface area contributed by atoms with Crippen LogP contribution in [0.1, 0.15) is 24.0 Å². The summed E-state index contributed by atoms with van der Waals surface area (Å²) in [5.74, 6) is 1.86. The van der Waals surface area contributed by atoms with E-state index >= 15 is 0 Å². The summed E-state index contributed by atoms with van der Waals surface area (Å²) < 4.78 is 0. The van der Waals surface area contributed by atoms with Crippen LogP contribution in [0.5, 0.6) is 0 Å². The lowest BCUT2D eigenvalue weighted by molar-refractivity contribution is 0.249. The Morgan fingerprint density at radius 1 is 1.04 bits per heavy atom. The first-order valence-electron chi connectivity index (χ1n) is 10.2. The Kier molecular flexibility index (Phi) is 4.56. The Hall–Kier alpha value is -2.73. The van der Waals surface area contributed by atoms with Crippen molar-refractivity contribution in [3.8, 4) is 0 Å². The molecule has 0 radical (unpaired) electrons. The van der Waals surface area contributed by atoms with Crippen LogP contribution in [0.3, 0.4) is 0 Å². The average Bonchev–Trinajstić information content (AvgIpc) is 3.52. The standard InChI is InChI=1S/C22H26N6/c1-16-4-2-5-17(14-16)15-27-10-12-28(13-11-27)22-21(24-18-7-8-18)26-20-19(25-22)6-3-9-23-20/h2-6,9,14,18H,7-8,10-13,15H2,1H3,(H,23,24,26). The molecule has 2 aromatic heterocycles. The summed E-state index contributed by atoms with van der Waals surface area (Å²) in [5.41, 5.74) is 4.29. The second kappa shape index (κ2) is 7.36. The number of aryl methyl sites for hydroxylation is 1. The first kappa shape index (κ1) is 17.4. The van der Waals surface area contributed by atoms with Crippen molar-refractivity contribution in [1.29, 1.82) is 0 Å². The number of piperazine rings is 1. The Labute approximate surface area is 165 Å². The predicted octanol–water partition coefficient (Wildman–Crippen LogP) is 3.23. The molecule has 0 amide bonds. The van der Waals surface area contributed by atoms with Crippen LogP contribution in [-0.2, 0) is 6.54 Å². The number of anilines is 2. The van der Waals surface area contributed by atoms with Crippen molar-refractivity contribution in [3.63, 3.8) is 0 Å². The van der Waals surface area contributed by atoms with E-state index in [9.17, 15) is 0 Å². The molecule has 3 heterocycles. The first-order valence-corrected chi connectivity index (χ1v) is 10.2. The quantitative estimate of drug-likeness (QED) is 0.740. The van der Waals surface area contributed by atoms with Gasteiger partial charge in [-0.1, -0.05) is 29.8 Å². The zero-order valence-electron chi connectivity index (χ0n) is 16.3. The van der Waals surface area contributed by atoms with Gasteiger partial charge < -0.3 is 10.2 Å². The van der Waals surface area contributed by atoms with Crippen molar-refractivity contribution in [1.82, 2.24) is 19.9 Å². The molecule has 6 heteroatoms. The average molecular weight is 374 g/mol. The number of rotatable bonds is 5. The van der Waals surface area contributed by atoms with Crippen LogP contribution in [0.2, 0.25) is 0 Å². The molecule has 1 saturated carbocycles. The molecule has 144 valence electrons. The molecule has 2 fully saturated rings. The Morgan fingerprint density at radius 2 is 1.89 bits per heavy atom. The maximum atomic E-state index is 4.92. The molecular weight excluding hydrogens is 348 g/mol. The molecule has 1 aromatic carbocycles. The second-order valence-corrected chi connectivity index (χ2v) is 7.91. The van der Waals surface area contributed by atoms with Gasteiger partial charge in [0.15, 0.2) is 17.3 Å². The number of nitrogens with zero attached hydrogens (tertiary/aromatic N) is 5. The van der Waals surface area contributed by atoms with Crippen LogP contribution < -0.4 is 10.2 Å². The van der Waals surface area contributed by atoms with Crippen molar-refractivity contribution < 1.29 is 0 Å². The fraction of sp³-hybridized carbons (Fsp3) is 0.409. The van der Waals surface area contributed by atoms with Crippen LogP contribution in [-0.4, -0.2) is 52.1 Å². The summed E-state index contributed by atoms with van der Waals surface area (Å²) >= 11 is 0. The van der Waals surface area contributed by atoms with E-state index in [-0.39, 0.29) is 0 Å². The van der Waals surface area contributed by atoms with Gasteiger partial charge in [0.05, 0.1) is 0 Å². The van der Waals surface area contributed by atoms with Crippen molar-refractivity contribution in [2.24, 2.45) is 0 Å². The normalized spacial score (nSPS) is 17.8. The number of pyridine rings is 1. The summed E-state index contributed by atoms with van der Waals surface area (Å²) in [4.78, 5) is 19.0. The molecule has 0 spiro atoms. The lowest BCUT2D eigenvalue weighted by Crippen LogP contribution is -2.46. The zero-order valence-corrected chi connectivity index (χ0v) is 16.3. The van der Waals surface area contributed by atoms with Gasteiger partial charge in [-0.2, -0.15) is 0 Å². The molecule has 0 atom stereocenters.